The number of H-pyrrole nitrogens is 1. The van der Waals surface area contributed by atoms with E-state index >= 15 is 0 Å². The highest BCUT2D eigenvalue weighted by atomic mass is 79.9. The normalized spacial score (nSPS) is 10.8. The van der Waals surface area contributed by atoms with Gasteiger partial charge in [-0.25, -0.2) is 4.39 Å². The van der Waals surface area contributed by atoms with E-state index < -0.39 is 5.82 Å². The predicted molar refractivity (Wildman–Crippen MR) is 86.5 cm³/mol. The lowest BCUT2D eigenvalue weighted by Gasteiger charge is -2.07. The van der Waals surface area contributed by atoms with E-state index in [4.69, 9.17) is 17.3 Å². The number of benzene rings is 2. The molecule has 0 atom stereocenters. The standard InChI is InChI=1S/C15H10BrClFN3/c16-9-6-4-8(5-7-9)14-12(15(19)21-20-14)10-2-1-3-11(17)13(10)18/h1-7H,(H3,19,20,21). The van der Waals surface area contributed by atoms with Gasteiger partial charge in [0.05, 0.1) is 16.3 Å². The molecule has 1 aromatic heterocycles. The first-order chi connectivity index (χ1) is 10.1. The van der Waals surface area contributed by atoms with Crippen molar-refractivity contribution >= 4 is 33.3 Å². The molecule has 2 aromatic carbocycles. The summed E-state index contributed by atoms with van der Waals surface area (Å²) in [5.74, 6) is -0.278. The molecule has 6 heteroatoms. The van der Waals surface area contributed by atoms with Gasteiger partial charge in [-0.1, -0.05) is 51.8 Å². The lowest BCUT2D eigenvalue weighted by molar-refractivity contribution is 0.632. The molecule has 0 saturated heterocycles. The first-order valence-electron chi connectivity index (χ1n) is 6.12. The molecule has 0 amide bonds. The molecule has 21 heavy (non-hydrogen) atoms. The van der Waals surface area contributed by atoms with Crippen LogP contribution in [0.15, 0.2) is 46.9 Å². The number of anilines is 1. The van der Waals surface area contributed by atoms with E-state index in [0.29, 0.717) is 16.8 Å². The highest BCUT2D eigenvalue weighted by molar-refractivity contribution is 9.10. The van der Waals surface area contributed by atoms with Crippen molar-refractivity contribution in [3.63, 3.8) is 0 Å². The minimum absolute atomic E-state index is 0.0508. The molecular weight excluding hydrogens is 357 g/mol. The van der Waals surface area contributed by atoms with Crippen molar-refractivity contribution in [3.05, 3.63) is 57.8 Å². The topological polar surface area (TPSA) is 54.7 Å². The Morgan fingerprint density at radius 1 is 1.14 bits per heavy atom. The van der Waals surface area contributed by atoms with Crippen LogP contribution in [-0.2, 0) is 0 Å². The Bertz CT molecular complexity index is 799. The molecule has 0 radical (unpaired) electrons. The third-order valence-electron chi connectivity index (χ3n) is 3.15. The molecule has 0 spiro atoms. The van der Waals surface area contributed by atoms with Crippen molar-refractivity contribution in [2.24, 2.45) is 0 Å². The molecule has 0 unspecified atom stereocenters. The van der Waals surface area contributed by atoms with E-state index in [0.717, 1.165) is 10.0 Å². The van der Waals surface area contributed by atoms with Crippen LogP contribution in [0.5, 0.6) is 0 Å². The maximum absolute atomic E-state index is 14.3. The largest absolute Gasteiger partial charge is 0.382 e. The van der Waals surface area contributed by atoms with E-state index in [2.05, 4.69) is 26.1 Å². The van der Waals surface area contributed by atoms with Crippen LogP contribution in [0.3, 0.4) is 0 Å². The predicted octanol–water partition coefficient (Wildman–Crippen LogP) is 4.88. The summed E-state index contributed by atoms with van der Waals surface area (Å²) in [6.07, 6.45) is 0. The smallest absolute Gasteiger partial charge is 0.153 e. The molecule has 0 aliphatic heterocycles. The van der Waals surface area contributed by atoms with Crippen LogP contribution in [0.4, 0.5) is 10.2 Å². The van der Waals surface area contributed by atoms with Gasteiger partial charge in [0.15, 0.2) is 5.82 Å². The summed E-state index contributed by atoms with van der Waals surface area (Å²) in [7, 11) is 0. The fourth-order valence-corrected chi connectivity index (χ4v) is 2.59. The number of nitrogen functional groups attached to an aromatic ring is 1. The Morgan fingerprint density at radius 3 is 2.57 bits per heavy atom. The molecule has 0 fully saturated rings. The second-order valence-corrected chi connectivity index (χ2v) is 5.79. The molecule has 0 aliphatic rings. The summed E-state index contributed by atoms with van der Waals surface area (Å²) in [5, 5.41) is 6.90. The van der Waals surface area contributed by atoms with Gasteiger partial charge in [0.1, 0.15) is 5.82 Å². The van der Waals surface area contributed by atoms with Gasteiger partial charge in [-0.15, -0.1) is 0 Å². The zero-order chi connectivity index (χ0) is 15.0. The van der Waals surface area contributed by atoms with E-state index in [-0.39, 0.29) is 10.8 Å². The molecule has 0 bridgehead atoms. The van der Waals surface area contributed by atoms with Gasteiger partial charge in [0.2, 0.25) is 0 Å². The van der Waals surface area contributed by atoms with Gasteiger partial charge in [-0.2, -0.15) is 5.10 Å². The zero-order valence-electron chi connectivity index (χ0n) is 10.7. The van der Waals surface area contributed by atoms with E-state index in [1.165, 1.54) is 6.07 Å². The molecule has 1 heterocycles. The first-order valence-corrected chi connectivity index (χ1v) is 7.29. The van der Waals surface area contributed by atoms with E-state index in [1.807, 2.05) is 24.3 Å². The SMILES string of the molecule is Nc1n[nH]c(-c2ccc(Br)cc2)c1-c1cccc(Cl)c1F. The van der Waals surface area contributed by atoms with Crippen LogP contribution >= 0.6 is 27.5 Å². The Hall–Kier alpha value is -1.85. The van der Waals surface area contributed by atoms with Gasteiger partial charge in [-0.05, 0) is 18.2 Å². The van der Waals surface area contributed by atoms with Crippen LogP contribution in [-0.4, -0.2) is 10.2 Å². The number of aromatic nitrogens is 2. The van der Waals surface area contributed by atoms with Gasteiger partial charge in [-0.3, -0.25) is 5.10 Å². The van der Waals surface area contributed by atoms with Crippen LogP contribution in [0, 0.1) is 5.82 Å². The second-order valence-electron chi connectivity index (χ2n) is 4.47. The first kappa shape index (κ1) is 14.1. The van der Waals surface area contributed by atoms with Gasteiger partial charge in [0, 0.05) is 15.6 Å². The monoisotopic (exact) mass is 365 g/mol. The summed E-state index contributed by atoms with van der Waals surface area (Å²) in [5.41, 5.74) is 8.25. The Balaban J connectivity index is 2.22. The van der Waals surface area contributed by atoms with Crippen molar-refractivity contribution in [2.75, 3.05) is 5.73 Å². The number of rotatable bonds is 2. The molecule has 0 saturated carbocycles. The molecule has 3 aromatic rings. The van der Waals surface area contributed by atoms with Crippen LogP contribution < -0.4 is 5.73 Å². The quantitative estimate of drug-likeness (QED) is 0.679. The maximum Gasteiger partial charge on any atom is 0.153 e. The fraction of sp³-hybridized carbons (Fsp3) is 0. The molecule has 3 rings (SSSR count). The summed E-state index contributed by atoms with van der Waals surface area (Å²) >= 11 is 9.23. The average Bonchev–Trinajstić information content (AvgIpc) is 2.85. The summed E-state index contributed by atoms with van der Waals surface area (Å²) < 4.78 is 15.2. The maximum atomic E-state index is 14.3. The number of hydrogen-bond acceptors (Lipinski definition) is 2. The van der Waals surface area contributed by atoms with Crippen LogP contribution in [0.1, 0.15) is 0 Å². The summed E-state index contributed by atoms with van der Waals surface area (Å²) in [6, 6.07) is 12.4. The fourth-order valence-electron chi connectivity index (χ4n) is 2.15. The van der Waals surface area contributed by atoms with E-state index in [1.54, 1.807) is 12.1 Å². The van der Waals surface area contributed by atoms with Crippen molar-refractivity contribution in [2.45, 2.75) is 0 Å². The lowest BCUT2D eigenvalue weighted by atomic mass is 10.0. The van der Waals surface area contributed by atoms with Gasteiger partial charge in [0.25, 0.3) is 0 Å². The summed E-state index contributed by atoms with van der Waals surface area (Å²) in [6.45, 7) is 0. The Kier molecular flexibility index (Phi) is 3.69. The van der Waals surface area contributed by atoms with Gasteiger partial charge < -0.3 is 5.73 Å². The molecule has 3 nitrogen and oxygen atoms in total. The Morgan fingerprint density at radius 2 is 1.86 bits per heavy atom. The molecule has 106 valence electrons. The minimum Gasteiger partial charge on any atom is -0.382 e. The van der Waals surface area contributed by atoms with Crippen LogP contribution in [0.25, 0.3) is 22.4 Å². The van der Waals surface area contributed by atoms with Crippen LogP contribution in [0.2, 0.25) is 5.02 Å². The van der Waals surface area contributed by atoms with Crippen molar-refractivity contribution < 1.29 is 4.39 Å². The number of aromatic amines is 1. The summed E-state index contributed by atoms with van der Waals surface area (Å²) in [4.78, 5) is 0. The lowest BCUT2D eigenvalue weighted by Crippen LogP contribution is -1.92. The number of nitrogens with zero attached hydrogens (tertiary/aromatic N) is 1. The van der Waals surface area contributed by atoms with Crippen molar-refractivity contribution in [1.29, 1.82) is 0 Å². The minimum atomic E-state index is -0.509. The molecule has 3 N–H and O–H groups in total. The highest BCUT2D eigenvalue weighted by Crippen LogP contribution is 2.37. The molecular formula is C15H10BrClFN3. The third-order valence-corrected chi connectivity index (χ3v) is 3.97. The van der Waals surface area contributed by atoms with Crippen molar-refractivity contribution in [3.8, 4) is 22.4 Å². The van der Waals surface area contributed by atoms with E-state index in [9.17, 15) is 4.39 Å². The Labute approximate surface area is 134 Å². The van der Waals surface area contributed by atoms with Crippen molar-refractivity contribution in [1.82, 2.24) is 10.2 Å². The number of halogens is 3. The average molecular weight is 367 g/mol. The number of nitrogens with two attached hydrogens (primary N) is 1. The third kappa shape index (κ3) is 2.54. The van der Waals surface area contributed by atoms with Gasteiger partial charge >= 0.3 is 0 Å². The highest BCUT2D eigenvalue weighted by Gasteiger charge is 2.19. The number of nitrogens with one attached hydrogen (secondary N) is 1. The molecule has 0 aliphatic carbocycles. The number of hydrogen-bond donors (Lipinski definition) is 2. The zero-order valence-corrected chi connectivity index (χ0v) is 13.0. The second kappa shape index (κ2) is 5.50.